The Labute approximate surface area is 270 Å². The minimum Gasteiger partial charge on any atom is -0.467 e. The summed E-state index contributed by atoms with van der Waals surface area (Å²) in [5, 5.41) is 11.3. The summed E-state index contributed by atoms with van der Waals surface area (Å²) in [5.74, 6) is -1.10. The normalized spacial score (nSPS) is 37.0. The number of hydrogen-bond donors (Lipinski definition) is 1. The fourth-order valence-electron chi connectivity index (χ4n) is 7.33. The quantitative estimate of drug-likeness (QED) is 0.312. The molecule has 0 aromatic carbocycles. The number of likely N-dealkylation sites (tertiary alicyclic amines) is 1. The maximum atomic E-state index is 14.1. The van der Waals surface area contributed by atoms with Gasteiger partial charge in [0.1, 0.15) is 24.3 Å². The van der Waals surface area contributed by atoms with E-state index in [1.54, 1.807) is 27.9 Å². The molecule has 0 aromatic rings. The summed E-state index contributed by atoms with van der Waals surface area (Å²) in [6.45, 7) is 16.3. The van der Waals surface area contributed by atoms with E-state index in [0.29, 0.717) is 38.0 Å². The third-order valence-corrected chi connectivity index (χ3v) is 10.3. The number of nitrogens with zero attached hydrogens (tertiary/aromatic N) is 3. The molecule has 0 spiro atoms. The minimum atomic E-state index is -1.45. The molecule has 260 valence electrons. The Bertz CT molecular complexity index is 1000. The van der Waals surface area contributed by atoms with Gasteiger partial charge in [-0.25, -0.2) is 4.39 Å². The monoisotopic (exact) mass is 641 g/mol. The first kappa shape index (κ1) is 37.8. The molecule has 8 atom stereocenters. The second kappa shape index (κ2) is 16.0. The number of rotatable bonds is 8. The van der Waals surface area contributed by atoms with Gasteiger partial charge >= 0.3 is 5.97 Å². The van der Waals surface area contributed by atoms with E-state index in [4.69, 9.17) is 18.9 Å². The van der Waals surface area contributed by atoms with Gasteiger partial charge in [0.2, 0.25) is 6.29 Å². The number of halogens is 1. The zero-order valence-electron chi connectivity index (χ0n) is 29.2. The topological polar surface area (TPSA) is 101 Å². The predicted octanol–water partition coefficient (Wildman–Crippen LogP) is 3.66. The number of esters is 1. The molecule has 0 unspecified atom stereocenters. The molecule has 0 bridgehead atoms. The number of carbonyl (C=O) groups excluding carboxylic acids is 2. The predicted molar refractivity (Wildman–Crippen MR) is 171 cm³/mol. The van der Waals surface area contributed by atoms with Crippen molar-refractivity contribution in [2.24, 2.45) is 17.3 Å². The number of Topliss-reactive ketones (excluding diaryl/α,β-unsaturated/α-hetero) is 1. The fourth-order valence-corrected chi connectivity index (χ4v) is 7.33. The van der Waals surface area contributed by atoms with Crippen molar-refractivity contribution >= 4 is 11.8 Å². The standard InChI is InChI=1S/C34H60FN3O7/c1-22-19-34(6,42-10)30(45-31-28(39)27(36(7)8)18-23(2)44-31)24(3)29(40)33(4,5)32(41)43-21-26(37(9)20-22)12-11-15-38-16-13-25(35)14-17-38/h22,24-28,30-31,39H,2,11-21H2,1,3-10H3/t22-,24+,26-,27+,28-,30-,31+,34-/m1/s1. The summed E-state index contributed by atoms with van der Waals surface area (Å²) < 4.78 is 38.2. The highest BCUT2D eigenvalue weighted by atomic mass is 19.1. The number of aliphatic hydroxyl groups is 1. The maximum Gasteiger partial charge on any atom is 0.319 e. The molecule has 1 N–H and O–H groups in total. The zero-order chi connectivity index (χ0) is 33.7. The van der Waals surface area contributed by atoms with Crippen molar-refractivity contribution in [2.75, 3.05) is 61.0 Å². The molecule has 3 saturated heterocycles. The van der Waals surface area contributed by atoms with Crippen molar-refractivity contribution in [3.8, 4) is 0 Å². The van der Waals surface area contributed by atoms with Crippen molar-refractivity contribution in [3.63, 3.8) is 0 Å². The van der Waals surface area contributed by atoms with Gasteiger partial charge in [0, 0.05) is 51.2 Å². The summed E-state index contributed by atoms with van der Waals surface area (Å²) >= 11 is 0. The molecule has 0 saturated carbocycles. The molecular formula is C34H60FN3O7. The SMILES string of the molecule is C=C1C[C@H](N(C)C)[C@@H](O)[C@H](O[C@@H]2[C@@H](C)C(=O)C(C)(C)C(=O)OC[C@@H](CCCN3CCC(F)CC3)N(C)C[C@H](C)C[C@@]2(C)OC)O1. The van der Waals surface area contributed by atoms with Gasteiger partial charge in [0.05, 0.1) is 17.5 Å². The van der Waals surface area contributed by atoms with E-state index in [0.717, 1.165) is 32.5 Å². The van der Waals surface area contributed by atoms with Gasteiger partial charge in [-0.3, -0.25) is 14.5 Å². The lowest BCUT2D eigenvalue weighted by molar-refractivity contribution is -0.267. The molecular weight excluding hydrogens is 581 g/mol. The average molecular weight is 642 g/mol. The van der Waals surface area contributed by atoms with Gasteiger partial charge in [0.25, 0.3) is 0 Å². The van der Waals surface area contributed by atoms with E-state index >= 15 is 0 Å². The van der Waals surface area contributed by atoms with Crippen LogP contribution >= 0.6 is 0 Å². The van der Waals surface area contributed by atoms with E-state index in [2.05, 4.69) is 23.3 Å². The van der Waals surface area contributed by atoms with Crippen molar-refractivity contribution in [1.82, 2.24) is 14.7 Å². The molecule has 10 nitrogen and oxygen atoms in total. The van der Waals surface area contributed by atoms with Crippen LogP contribution in [0.15, 0.2) is 12.3 Å². The van der Waals surface area contributed by atoms with Crippen molar-refractivity contribution in [1.29, 1.82) is 0 Å². The number of likely N-dealkylation sites (N-methyl/N-ethyl adjacent to an activating group) is 2. The number of ketones is 1. The lowest BCUT2D eigenvalue weighted by Crippen LogP contribution is -2.58. The van der Waals surface area contributed by atoms with Crippen molar-refractivity contribution in [2.45, 2.75) is 115 Å². The van der Waals surface area contributed by atoms with E-state index in [9.17, 15) is 19.1 Å². The summed E-state index contributed by atoms with van der Waals surface area (Å²) in [6.07, 6.45) is 0.249. The number of carbonyl (C=O) groups is 2. The number of cyclic esters (lactones) is 1. The number of alkyl halides is 1. The molecule has 0 aromatic heterocycles. The Morgan fingerprint density at radius 1 is 1.16 bits per heavy atom. The van der Waals surface area contributed by atoms with E-state index in [-0.39, 0.29) is 30.4 Å². The summed E-state index contributed by atoms with van der Waals surface area (Å²) in [4.78, 5) is 34.1. The van der Waals surface area contributed by atoms with E-state index in [1.807, 2.05) is 33.0 Å². The molecule has 0 amide bonds. The number of ether oxygens (including phenoxy) is 4. The number of hydrogen-bond acceptors (Lipinski definition) is 10. The maximum absolute atomic E-state index is 14.1. The van der Waals surface area contributed by atoms with Gasteiger partial charge < -0.3 is 33.9 Å². The first-order valence-corrected chi connectivity index (χ1v) is 16.7. The Balaban J connectivity index is 1.87. The van der Waals surface area contributed by atoms with Crippen LogP contribution in [0.3, 0.4) is 0 Å². The van der Waals surface area contributed by atoms with Crippen LogP contribution < -0.4 is 0 Å². The Morgan fingerprint density at radius 2 is 1.80 bits per heavy atom. The van der Waals surface area contributed by atoms with Crippen LogP contribution in [-0.4, -0.2) is 135 Å². The lowest BCUT2D eigenvalue weighted by Gasteiger charge is -2.46. The van der Waals surface area contributed by atoms with Gasteiger partial charge in [0.15, 0.2) is 5.78 Å². The average Bonchev–Trinajstić information content (AvgIpc) is 2.98. The molecule has 3 aliphatic heterocycles. The van der Waals surface area contributed by atoms with Crippen LogP contribution in [0, 0.1) is 17.3 Å². The highest BCUT2D eigenvalue weighted by molar-refractivity contribution is 6.04. The van der Waals surface area contributed by atoms with Crippen molar-refractivity contribution in [3.05, 3.63) is 12.3 Å². The highest BCUT2D eigenvalue weighted by Crippen LogP contribution is 2.38. The van der Waals surface area contributed by atoms with E-state index in [1.165, 1.54) is 0 Å². The Hall–Kier alpha value is -1.63. The number of aliphatic hydroxyl groups excluding tert-OH is 1. The van der Waals surface area contributed by atoms with Gasteiger partial charge in [-0.05, 0) is 86.5 Å². The molecule has 0 aliphatic carbocycles. The molecule has 3 rings (SSSR count). The van der Waals surface area contributed by atoms with Crippen molar-refractivity contribution < 1.29 is 38.0 Å². The minimum absolute atomic E-state index is 0.0418. The second-order valence-corrected chi connectivity index (χ2v) is 14.8. The summed E-state index contributed by atoms with van der Waals surface area (Å²) in [5.41, 5.74) is -2.41. The molecule has 0 radical (unpaired) electrons. The lowest BCUT2D eigenvalue weighted by atomic mass is 9.74. The third-order valence-electron chi connectivity index (χ3n) is 10.3. The van der Waals surface area contributed by atoms with Crippen LogP contribution in [0.25, 0.3) is 0 Å². The van der Waals surface area contributed by atoms with Crippen LogP contribution in [0.1, 0.15) is 73.1 Å². The first-order valence-electron chi connectivity index (χ1n) is 16.7. The van der Waals surface area contributed by atoms with E-state index < -0.39 is 47.6 Å². The second-order valence-electron chi connectivity index (χ2n) is 14.8. The Kier molecular flexibility index (Phi) is 13.4. The van der Waals surface area contributed by atoms with Gasteiger partial charge in [-0.15, -0.1) is 0 Å². The fraction of sp³-hybridized carbons (Fsp3) is 0.882. The number of methoxy groups -OCH3 is 1. The third kappa shape index (κ3) is 9.47. The van der Waals surface area contributed by atoms with Crippen LogP contribution in [0.2, 0.25) is 0 Å². The molecule has 45 heavy (non-hydrogen) atoms. The summed E-state index contributed by atoms with van der Waals surface area (Å²) in [7, 11) is 7.40. The summed E-state index contributed by atoms with van der Waals surface area (Å²) in [6, 6.07) is -0.322. The highest BCUT2D eigenvalue weighted by Gasteiger charge is 2.51. The molecule has 11 heteroatoms. The van der Waals surface area contributed by atoms with Crippen LogP contribution in [-0.2, 0) is 28.5 Å². The zero-order valence-corrected chi connectivity index (χ0v) is 29.2. The first-order chi connectivity index (χ1) is 21.0. The molecule has 3 fully saturated rings. The largest absolute Gasteiger partial charge is 0.467 e. The molecule has 3 heterocycles. The van der Waals surface area contributed by atoms with Gasteiger partial charge in [-0.2, -0.15) is 0 Å². The number of piperidine rings is 1. The smallest absolute Gasteiger partial charge is 0.319 e. The van der Waals surface area contributed by atoms with Crippen LogP contribution in [0.5, 0.6) is 0 Å². The Morgan fingerprint density at radius 3 is 2.40 bits per heavy atom. The molecule has 3 aliphatic rings. The van der Waals surface area contributed by atoms with Gasteiger partial charge in [-0.1, -0.05) is 20.4 Å². The van der Waals surface area contributed by atoms with Crippen LogP contribution in [0.4, 0.5) is 4.39 Å².